The topological polar surface area (TPSA) is 66.5 Å². The van der Waals surface area contributed by atoms with Crippen LogP contribution in [0.15, 0.2) is 0 Å². The zero-order valence-corrected chi connectivity index (χ0v) is 8.70. The molecule has 11 heavy (non-hydrogen) atoms. The van der Waals surface area contributed by atoms with Crippen LogP contribution in [-0.2, 0) is 0 Å². The highest BCUT2D eigenvalue weighted by atomic mass is 28.3. The molecule has 4 N–H and O–H groups in total. The maximum Gasteiger partial charge on any atom is 0.321 e. The minimum atomic E-state index is -2.49. The Hall–Kier alpha value is 0.0969. The molecule has 1 unspecified atom stereocenters. The van der Waals surface area contributed by atoms with Gasteiger partial charge in [-0.25, -0.2) is 0 Å². The van der Waals surface area contributed by atoms with Gasteiger partial charge in [0.05, 0.1) is 0 Å². The van der Waals surface area contributed by atoms with Crippen molar-refractivity contribution >= 4 is 9.28 Å². The first kappa shape index (κ1) is 11.1. The van der Waals surface area contributed by atoms with Crippen LogP contribution in [0.4, 0.5) is 0 Å². The van der Waals surface area contributed by atoms with Crippen molar-refractivity contribution in [1.29, 1.82) is 0 Å². The monoisotopic (exact) mass is 177 g/mol. The van der Waals surface area contributed by atoms with Gasteiger partial charge in [0.25, 0.3) is 0 Å². The molecule has 0 amide bonds. The van der Waals surface area contributed by atoms with E-state index < -0.39 is 9.28 Å². The van der Waals surface area contributed by atoms with Crippen molar-refractivity contribution in [3.63, 3.8) is 0 Å². The van der Waals surface area contributed by atoms with Gasteiger partial charge in [-0.3, -0.25) is 0 Å². The van der Waals surface area contributed by atoms with Gasteiger partial charge in [-0.2, -0.15) is 0 Å². The molecule has 4 heteroatoms. The van der Waals surface area contributed by atoms with E-state index in [0.29, 0.717) is 0 Å². The molecule has 0 aliphatic carbocycles. The third-order valence-corrected chi connectivity index (χ3v) is 3.63. The molecular formula is C7H19NO2Si. The van der Waals surface area contributed by atoms with Gasteiger partial charge in [-0.05, 0) is 19.8 Å². The standard InChI is InChI=1S/C7H19NO2Si/c1-6(8)4-5-7(2,3)11(9)10/h6,9-11H,4-5,8H2,1-3H3. The fourth-order valence-electron chi connectivity index (χ4n) is 0.729. The van der Waals surface area contributed by atoms with Gasteiger partial charge in [0, 0.05) is 11.1 Å². The van der Waals surface area contributed by atoms with Gasteiger partial charge in [0.1, 0.15) is 0 Å². The van der Waals surface area contributed by atoms with Crippen molar-refractivity contribution < 1.29 is 9.59 Å². The molecular weight excluding hydrogens is 158 g/mol. The predicted molar refractivity (Wildman–Crippen MR) is 48.5 cm³/mol. The molecule has 0 fully saturated rings. The summed E-state index contributed by atoms with van der Waals surface area (Å²) in [6.45, 7) is 5.69. The Labute approximate surface area is 70.1 Å². The van der Waals surface area contributed by atoms with Gasteiger partial charge in [0.15, 0.2) is 0 Å². The molecule has 0 rings (SSSR count). The van der Waals surface area contributed by atoms with E-state index in [9.17, 15) is 0 Å². The lowest BCUT2D eigenvalue weighted by Gasteiger charge is -2.25. The Kier molecular flexibility index (Phi) is 4.24. The fraction of sp³-hybridized carbons (Fsp3) is 1.00. The second kappa shape index (κ2) is 4.20. The molecule has 0 aromatic heterocycles. The lowest BCUT2D eigenvalue weighted by Crippen LogP contribution is -2.29. The molecule has 0 bridgehead atoms. The van der Waals surface area contributed by atoms with Crippen molar-refractivity contribution in [2.24, 2.45) is 5.73 Å². The van der Waals surface area contributed by atoms with Crippen molar-refractivity contribution in [2.75, 3.05) is 0 Å². The quantitative estimate of drug-likeness (QED) is 0.534. The highest BCUT2D eigenvalue weighted by molar-refractivity contribution is 6.45. The summed E-state index contributed by atoms with van der Waals surface area (Å²) in [7, 11) is -2.49. The summed E-state index contributed by atoms with van der Waals surface area (Å²) < 4.78 is 0. The van der Waals surface area contributed by atoms with Crippen LogP contribution in [0.5, 0.6) is 0 Å². The first-order valence-electron chi connectivity index (χ1n) is 3.98. The van der Waals surface area contributed by atoms with Crippen LogP contribution in [0, 0.1) is 0 Å². The molecule has 0 aliphatic rings. The van der Waals surface area contributed by atoms with Gasteiger partial charge in [-0.15, -0.1) is 0 Å². The smallest absolute Gasteiger partial charge is 0.321 e. The van der Waals surface area contributed by atoms with Crippen molar-refractivity contribution in [1.82, 2.24) is 0 Å². The summed E-state index contributed by atoms with van der Waals surface area (Å²) in [5.74, 6) is 0. The Bertz CT molecular complexity index is 115. The van der Waals surface area contributed by atoms with Crippen LogP contribution in [0.25, 0.3) is 0 Å². The Morgan fingerprint density at radius 1 is 1.45 bits per heavy atom. The minimum Gasteiger partial charge on any atom is -0.413 e. The average molecular weight is 177 g/mol. The van der Waals surface area contributed by atoms with E-state index in [4.69, 9.17) is 15.3 Å². The van der Waals surface area contributed by atoms with E-state index in [-0.39, 0.29) is 11.1 Å². The normalized spacial score (nSPS) is 15.5. The fourth-order valence-corrected chi connectivity index (χ4v) is 1.15. The largest absolute Gasteiger partial charge is 0.413 e. The maximum atomic E-state index is 9.05. The van der Waals surface area contributed by atoms with Crippen molar-refractivity contribution in [2.45, 2.75) is 44.7 Å². The van der Waals surface area contributed by atoms with Crippen molar-refractivity contribution in [3.05, 3.63) is 0 Å². The summed E-state index contributed by atoms with van der Waals surface area (Å²) in [6.07, 6.45) is 1.66. The van der Waals surface area contributed by atoms with E-state index in [1.54, 1.807) is 0 Å². The van der Waals surface area contributed by atoms with E-state index >= 15 is 0 Å². The first-order valence-corrected chi connectivity index (χ1v) is 5.59. The molecule has 3 nitrogen and oxygen atoms in total. The van der Waals surface area contributed by atoms with E-state index in [2.05, 4.69) is 0 Å². The first-order chi connectivity index (χ1) is 4.86. The number of hydrogen-bond donors (Lipinski definition) is 3. The number of rotatable bonds is 4. The third kappa shape index (κ3) is 4.52. The second-order valence-corrected chi connectivity index (χ2v) is 6.19. The minimum absolute atomic E-state index is 0.155. The zero-order chi connectivity index (χ0) is 9.07. The molecule has 0 radical (unpaired) electrons. The Balaban J connectivity index is 3.73. The molecule has 0 aliphatic heterocycles. The SMILES string of the molecule is CC(N)CCC(C)(C)[SiH](O)O. The lowest BCUT2D eigenvalue weighted by molar-refractivity contribution is 0.337. The molecule has 0 heterocycles. The lowest BCUT2D eigenvalue weighted by atomic mass is 10.0. The maximum absolute atomic E-state index is 9.05. The van der Waals surface area contributed by atoms with Crippen LogP contribution in [0.1, 0.15) is 33.6 Å². The molecule has 0 aromatic rings. The molecule has 0 spiro atoms. The molecule has 1 atom stereocenters. The molecule has 68 valence electrons. The van der Waals surface area contributed by atoms with E-state index in [0.717, 1.165) is 12.8 Å². The van der Waals surface area contributed by atoms with E-state index in [1.807, 2.05) is 20.8 Å². The van der Waals surface area contributed by atoms with Crippen LogP contribution in [-0.4, -0.2) is 24.9 Å². The summed E-state index contributed by atoms with van der Waals surface area (Å²) >= 11 is 0. The number of nitrogens with two attached hydrogens (primary N) is 1. The summed E-state index contributed by atoms with van der Waals surface area (Å²) in [6, 6.07) is 0.155. The van der Waals surface area contributed by atoms with E-state index in [1.165, 1.54) is 0 Å². The Morgan fingerprint density at radius 2 is 1.91 bits per heavy atom. The number of hydrogen-bond acceptors (Lipinski definition) is 3. The average Bonchev–Trinajstić information content (AvgIpc) is 1.84. The van der Waals surface area contributed by atoms with Gasteiger partial charge >= 0.3 is 9.28 Å². The van der Waals surface area contributed by atoms with Crippen LogP contribution in [0.3, 0.4) is 0 Å². The highest BCUT2D eigenvalue weighted by Gasteiger charge is 2.28. The predicted octanol–water partition coefficient (Wildman–Crippen LogP) is 0.0991. The van der Waals surface area contributed by atoms with Crippen LogP contribution >= 0.6 is 0 Å². The molecule has 0 aromatic carbocycles. The van der Waals surface area contributed by atoms with Crippen LogP contribution < -0.4 is 5.73 Å². The van der Waals surface area contributed by atoms with Gasteiger partial charge < -0.3 is 15.3 Å². The summed E-state index contributed by atoms with van der Waals surface area (Å²) in [5.41, 5.74) is 5.55. The Morgan fingerprint density at radius 3 is 2.18 bits per heavy atom. The van der Waals surface area contributed by atoms with Gasteiger partial charge in [0.2, 0.25) is 0 Å². The summed E-state index contributed by atoms with van der Waals surface area (Å²) in [5, 5.41) is -0.298. The van der Waals surface area contributed by atoms with Crippen molar-refractivity contribution in [3.8, 4) is 0 Å². The highest BCUT2D eigenvalue weighted by Crippen LogP contribution is 2.31. The third-order valence-electron chi connectivity index (χ3n) is 1.94. The molecule has 0 saturated heterocycles. The van der Waals surface area contributed by atoms with Gasteiger partial charge in [-0.1, -0.05) is 13.8 Å². The zero-order valence-electron chi connectivity index (χ0n) is 7.54. The second-order valence-electron chi connectivity index (χ2n) is 3.88. The van der Waals surface area contributed by atoms with Crippen LogP contribution in [0.2, 0.25) is 5.04 Å². The summed E-state index contributed by atoms with van der Waals surface area (Å²) in [4.78, 5) is 18.1. The molecule has 0 saturated carbocycles.